The lowest BCUT2D eigenvalue weighted by Gasteiger charge is -2.32. The highest BCUT2D eigenvalue weighted by Gasteiger charge is 2.26. The van der Waals surface area contributed by atoms with Crippen LogP contribution in [-0.2, 0) is 28.5 Å². The third kappa shape index (κ3) is 85.9. The molecule has 0 radical (unpaired) electrons. The smallest absolute Gasteiger partial charge is 0.325 e. The molecule has 0 aliphatic carbocycles. The Balaban J connectivity index is -0.000000192. The van der Waals surface area contributed by atoms with Gasteiger partial charge in [0.1, 0.15) is 11.1 Å². The SMILES string of the molecule is CC(C)(C)CCN1CCOCC1.CC(C)(C)CCOC(=O)C(C)(C)N.CC(C)(C)CN1CCOCC1.CC(C)(C)COC(=O)C(C)(C)N.CCC(C)(C)C.CCCC(C)(C)C.CN(C)CC(C)(C)C.CN(C)CCC(C)(C)C. The maximum absolute atomic E-state index is 11.2. The van der Waals surface area contributed by atoms with Crippen molar-refractivity contribution in [3.8, 4) is 0 Å². The molecule has 0 aromatic heterocycles. The van der Waals surface area contributed by atoms with Crippen LogP contribution in [0.4, 0.5) is 0 Å². The van der Waals surface area contributed by atoms with Gasteiger partial charge < -0.3 is 40.2 Å². The van der Waals surface area contributed by atoms with Crippen molar-refractivity contribution in [2.24, 2.45) is 54.8 Å². The number of ether oxygens (including phenoxy) is 4. The molecule has 2 fully saturated rings. The van der Waals surface area contributed by atoms with Crippen LogP contribution in [0.5, 0.6) is 0 Å². The van der Waals surface area contributed by atoms with E-state index in [2.05, 4.69) is 207 Å². The molecule has 0 spiro atoms. The Morgan fingerprint density at radius 3 is 1.00 bits per heavy atom. The second kappa shape index (κ2) is 41.6. The molecule has 2 aliphatic heterocycles. The molecule has 0 amide bonds. The Morgan fingerprint density at radius 2 is 0.782 bits per heavy atom. The summed E-state index contributed by atoms with van der Waals surface area (Å²) >= 11 is 0. The normalized spacial score (nSPS) is 15.3. The maximum atomic E-state index is 11.2. The fourth-order valence-electron chi connectivity index (χ4n) is 6.11. The summed E-state index contributed by atoms with van der Waals surface area (Å²) in [5.41, 5.74) is 12.5. The summed E-state index contributed by atoms with van der Waals surface area (Å²) in [5.74, 6) is -0.686. The minimum absolute atomic E-state index is 0.000903. The highest BCUT2D eigenvalue weighted by molar-refractivity contribution is 5.79. The molecule has 0 aromatic rings. The van der Waals surface area contributed by atoms with Crippen LogP contribution in [0.2, 0.25) is 0 Å². The average molecular weight is 1120 g/mol. The number of rotatable bonds is 12. The van der Waals surface area contributed by atoms with Crippen LogP contribution in [0.15, 0.2) is 0 Å². The van der Waals surface area contributed by atoms with Crippen LogP contribution in [-0.4, -0.2) is 163 Å². The zero-order valence-corrected chi connectivity index (χ0v) is 59.5. The maximum Gasteiger partial charge on any atom is 0.325 e. The molecule has 78 heavy (non-hydrogen) atoms. The van der Waals surface area contributed by atoms with E-state index < -0.39 is 11.1 Å². The van der Waals surface area contributed by atoms with Crippen molar-refractivity contribution in [2.75, 3.05) is 120 Å². The minimum atomic E-state index is -0.884. The topological polar surface area (TPSA) is 136 Å². The van der Waals surface area contributed by atoms with Gasteiger partial charge in [0.05, 0.1) is 39.6 Å². The molecule has 12 nitrogen and oxygen atoms in total. The van der Waals surface area contributed by atoms with Crippen molar-refractivity contribution in [2.45, 2.75) is 257 Å². The molecular weight excluding hydrogens is 973 g/mol. The number of hydrogen-bond donors (Lipinski definition) is 2. The Labute approximate surface area is 490 Å². The molecule has 2 heterocycles. The monoisotopic (exact) mass is 1120 g/mol. The molecule has 0 saturated carbocycles. The van der Waals surface area contributed by atoms with Gasteiger partial charge in [0.25, 0.3) is 0 Å². The molecular formula is C66H146N6O6. The summed E-state index contributed by atoms with van der Waals surface area (Å²) in [6, 6.07) is 0. The van der Waals surface area contributed by atoms with E-state index in [0.717, 1.165) is 65.6 Å². The van der Waals surface area contributed by atoms with Gasteiger partial charge in [-0.15, -0.1) is 0 Å². The van der Waals surface area contributed by atoms with Gasteiger partial charge in [-0.1, -0.05) is 193 Å². The first-order valence-corrected chi connectivity index (χ1v) is 30.2. The Bertz CT molecular complexity index is 1400. The van der Waals surface area contributed by atoms with E-state index in [9.17, 15) is 9.59 Å². The van der Waals surface area contributed by atoms with Gasteiger partial charge in [-0.25, -0.2) is 0 Å². The van der Waals surface area contributed by atoms with Crippen molar-refractivity contribution < 1.29 is 28.5 Å². The van der Waals surface area contributed by atoms with Gasteiger partial charge in [0.15, 0.2) is 0 Å². The van der Waals surface area contributed by atoms with E-state index in [1.807, 2.05) is 20.8 Å². The van der Waals surface area contributed by atoms with Crippen molar-refractivity contribution in [1.82, 2.24) is 19.6 Å². The summed E-state index contributed by atoms with van der Waals surface area (Å²) in [5, 5.41) is 0. The quantitative estimate of drug-likeness (QED) is 0.180. The lowest BCUT2D eigenvalue weighted by Crippen LogP contribution is -2.43. The van der Waals surface area contributed by atoms with E-state index in [-0.39, 0.29) is 22.8 Å². The average Bonchev–Trinajstić information content (AvgIpc) is 3.19. The lowest BCUT2D eigenvalue weighted by molar-refractivity contribution is -0.151. The largest absolute Gasteiger partial charge is 0.464 e. The fourth-order valence-corrected chi connectivity index (χ4v) is 6.11. The first-order chi connectivity index (χ1) is 34.4. The van der Waals surface area contributed by atoms with E-state index >= 15 is 0 Å². The van der Waals surface area contributed by atoms with Crippen molar-refractivity contribution in [3.05, 3.63) is 0 Å². The van der Waals surface area contributed by atoms with Crippen LogP contribution in [0.25, 0.3) is 0 Å². The molecule has 0 unspecified atom stereocenters. The summed E-state index contributed by atoms with van der Waals surface area (Å²) < 4.78 is 20.6. The summed E-state index contributed by atoms with van der Waals surface area (Å²) in [4.78, 5) is 31.8. The van der Waals surface area contributed by atoms with Crippen molar-refractivity contribution in [3.63, 3.8) is 0 Å². The van der Waals surface area contributed by atoms with E-state index in [4.69, 9.17) is 30.4 Å². The highest BCUT2D eigenvalue weighted by atomic mass is 16.5. The van der Waals surface area contributed by atoms with Crippen molar-refractivity contribution in [1.29, 1.82) is 0 Å². The number of carbonyl (C=O) groups excluding carboxylic acids is 2. The van der Waals surface area contributed by atoms with Crippen LogP contribution in [0.1, 0.15) is 246 Å². The third-order valence-corrected chi connectivity index (χ3v) is 11.0. The van der Waals surface area contributed by atoms with Gasteiger partial charge in [-0.3, -0.25) is 19.4 Å². The van der Waals surface area contributed by atoms with Gasteiger partial charge in [-0.05, 0) is 138 Å². The first-order valence-electron chi connectivity index (χ1n) is 30.2. The van der Waals surface area contributed by atoms with Crippen LogP contribution < -0.4 is 11.5 Å². The summed E-state index contributed by atoms with van der Waals surface area (Å²) in [6.45, 7) is 77.9. The summed E-state index contributed by atoms with van der Waals surface area (Å²) in [7, 11) is 8.44. The minimum Gasteiger partial charge on any atom is -0.464 e. The third-order valence-electron chi connectivity index (χ3n) is 11.0. The molecule has 0 bridgehead atoms. The number of nitrogens with two attached hydrogens (primary N) is 2. The molecule has 4 N–H and O–H groups in total. The van der Waals surface area contributed by atoms with E-state index in [1.54, 1.807) is 27.7 Å². The van der Waals surface area contributed by atoms with Gasteiger partial charge in [0, 0.05) is 39.3 Å². The number of hydrogen-bond acceptors (Lipinski definition) is 12. The Kier molecular flexibility index (Phi) is 46.8. The van der Waals surface area contributed by atoms with Crippen molar-refractivity contribution >= 4 is 11.9 Å². The molecule has 476 valence electrons. The second-order valence-electron chi connectivity index (χ2n) is 33.4. The Hall–Kier alpha value is -1.38. The van der Waals surface area contributed by atoms with Gasteiger partial charge >= 0.3 is 11.9 Å². The molecule has 2 rings (SSSR count). The zero-order chi connectivity index (χ0) is 63.4. The number of esters is 2. The number of nitrogens with zero attached hydrogens (tertiary/aromatic N) is 4. The standard InChI is InChI=1S/C10H21NO2.C10H21NO.C9H19NO2.C9H19NO.C8H19N.C7H17N.C7H16.C6H14/c1-9(2,3)6-7-13-8(12)10(4,5)11;1-10(2,3)4-5-11-6-8-12-9-7-11;1-8(2,3)6-12-7(11)9(4,5)10;1-9(2,3)8-10-4-6-11-7-5-10;1-8(2,3)6-7-9(4)5;1-7(2,3)6-8(4)5;1-5-6-7(2,3)4;1-5-6(2,3)4/h6-7,11H2,1-5H3;4-9H2,1-3H3;6,10H2,1-5H3;4-8H2,1-3H3;6-7H2,1-5H3;6H2,1-5H3;5-6H2,1-4H3;5H2,1-4H3. The predicted molar refractivity (Wildman–Crippen MR) is 345 cm³/mol. The van der Waals surface area contributed by atoms with E-state index in [0.29, 0.717) is 45.7 Å². The zero-order valence-electron chi connectivity index (χ0n) is 59.5. The lowest BCUT2D eigenvalue weighted by atomic mass is 9.91. The van der Waals surface area contributed by atoms with Crippen LogP contribution in [0, 0.1) is 43.3 Å². The second-order valence-corrected chi connectivity index (χ2v) is 33.4. The molecule has 2 aliphatic rings. The molecule has 2 saturated heterocycles. The van der Waals surface area contributed by atoms with Crippen LogP contribution in [0.3, 0.4) is 0 Å². The van der Waals surface area contributed by atoms with Gasteiger partial charge in [-0.2, -0.15) is 0 Å². The molecule has 0 atom stereocenters. The first kappa shape index (κ1) is 87.9. The Morgan fingerprint density at radius 1 is 0.436 bits per heavy atom. The van der Waals surface area contributed by atoms with Crippen LogP contribution >= 0.6 is 0 Å². The molecule has 0 aromatic carbocycles. The highest BCUT2D eigenvalue weighted by Crippen LogP contribution is 2.22. The van der Waals surface area contributed by atoms with Gasteiger partial charge in [0.2, 0.25) is 0 Å². The number of morpholine rings is 2. The summed E-state index contributed by atoms with van der Waals surface area (Å²) in [6.07, 6.45) is 7.34. The molecule has 12 heteroatoms. The number of carbonyl (C=O) groups is 2. The van der Waals surface area contributed by atoms with E-state index in [1.165, 1.54) is 51.7 Å². The predicted octanol–water partition coefficient (Wildman–Crippen LogP) is 15.0. The fraction of sp³-hybridized carbons (Fsp3) is 0.970.